The molecule has 8 nitrogen and oxygen atoms in total. The molecule has 6 N–H and O–H groups in total. The number of hydrogen-bond acceptors (Lipinski definition) is 6. The third-order valence-electron chi connectivity index (χ3n) is 4.29. The molecule has 0 aliphatic heterocycles. The lowest BCUT2D eigenvalue weighted by atomic mass is 9.75. The number of carbonyl (C=O) groups excluding carboxylic acids is 2. The third-order valence-corrected chi connectivity index (χ3v) is 4.29. The van der Waals surface area contributed by atoms with Gasteiger partial charge in [-0.2, -0.15) is 0 Å². The monoisotopic (exact) mass is 400 g/mol. The number of ether oxygens (including phenoxy) is 2. The van der Waals surface area contributed by atoms with E-state index in [0.29, 0.717) is 0 Å². The van der Waals surface area contributed by atoms with E-state index in [9.17, 15) is 9.59 Å². The maximum atomic E-state index is 11.3. The minimum absolute atomic E-state index is 0.111. The highest BCUT2D eigenvalue weighted by molar-refractivity contribution is 5.68. The molecule has 2 aliphatic rings. The van der Waals surface area contributed by atoms with Crippen LogP contribution in [0.25, 0.3) is 0 Å². The lowest BCUT2D eigenvalue weighted by Crippen LogP contribution is -2.58. The van der Waals surface area contributed by atoms with Crippen LogP contribution in [-0.4, -0.2) is 46.6 Å². The van der Waals surface area contributed by atoms with Crippen molar-refractivity contribution in [3.8, 4) is 0 Å². The van der Waals surface area contributed by atoms with E-state index in [2.05, 4.69) is 10.6 Å². The summed E-state index contributed by atoms with van der Waals surface area (Å²) in [6.07, 6.45) is 2.60. The second-order valence-electron chi connectivity index (χ2n) is 10.8. The first-order chi connectivity index (χ1) is 12.4. The molecule has 0 atom stereocenters. The van der Waals surface area contributed by atoms with Gasteiger partial charge in [-0.05, 0) is 81.1 Å². The van der Waals surface area contributed by atoms with Crippen molar-refractivity contribution in [3.05, 3.63) is 0 Å². The zero-order chi connectivity index (χ0) is 22.0. The SMILES string of the molecule is CC1(N)CC(NC(=O)OC(C)(C)C)C1.CC1(N)CC(NC(=O)OC(C)(C)C)C1. The zero-order valence-corrected chi connectivity index (χ0v) is 18.8. The van der Waals surface area contributed by atoms with Crippen LogP contribution in [0.15, 0.2) is 0 Å². The van der Waals surface area contributed by atoms with Gasteiger partial charge >= 0.3 is 12.2 Å². The number of hydrogen-bond donors (Lipinski definition) is 4. The lowest BCUT2D eigenvalue weighted by Gasteiger charge is -2.42. The number of nitrogens with one attached hydrogen (secondary N) is 2. The Hall–Kier alpha value is -1.54. The molecule has 2 fully saturated rings. The molecule has 0 saturated heterocycles. The highest BCUT2D eigenvalue weighted by Gasteiger charge is 2.39. The number of rotatable bonds is 2. The fourth-order valence-electron chi connectivity index (χ4n) is 3.28. The van der Waals surface area contributed by atoms with Crippen LogP contribution in [0.5, 0.6) is 0 Å². The van der Waals surface area contributed by atoms with Crippen molar-refractivity contribution in [2.24, 2.45) is 11.5 Å². The Morgan fingerprint density at radius 3 is 1.18 bits per heavy atom. The molecule has 0 aromatic heterocycles. The topological polar surface area (TPSA) is 129 Å². The van der Waals surface area contributed by atoms with Crippen LogP contribution in [-0.2, 0) is 9.47 Å². The van der Waals surface area contributed by atoms with Crippen LogP contribution in [0.4, 0.5) is 9.59 Å². The van der Waals surface area contributed by atoms with Crippen molar-refractivity contribution in [1.29, 1.82) is 0 Å². The fraction of sp³-hybridized carbons (Fsp3) is 0.900. The molecule has 0 aromatic rings. The molecule has 0 heterocycles. The molecular formula is C20H40N4O4. The fourth-order valence-corrected chi connectivity index (χ4v) is 3.28. The van der Waals surface area contributed by atoms with Crippen LogP contribution in [0, 0.1) is 0 Å². The Kier molecular flexibility index (Phi) is 7.39. The van der Waals surface area contributed by atoms with Crippen LogP contribution >= 0.6 is 0 Å². The maximum absolute atomic E-state index is 11.3. The van der Waals surface area contributed by atoms with Crippen molar-refractivity contribution in [3.63, 3.8) is 0 Å². The Bertz CT molecular complexity index is 496. The molecule has 8 heteroatoms. The molecule has 28 heavy (non-hydrogen) atoms. The van der Waals surface area contributed by atoms with Crippen molar-refractivity contribution in [2.45, 2.75) is 115 Å². The molecule has 0 radical (unpaired) electrons. The van der Waals surface area contributed by atoms with E-state index in [1.54, 1.807) is 0 Å². The summed E-state index contributed by atoms with van der Waals surface area (Å²) in [5, 5.41) is 5.57. The summed E-state index contributed by atoms with van der Waals surface area (Å²) in [5.41, 5.74) is 10.6. The molecule has 2 saturated carbocycles. The van der Waals surface area contributed by atoms with E-state index in [1.807, 2.05) is 55.4 Å². The second kappa shape index (κ2) is 8.45. The van der Waals surface area contributed by atoms with Crippen molar-refractivity contribution in [2.75, 3.05) is 0 Å². The Morgan fingerprint density at radius 2 is 1.00 bits per heavy atom. The van der Waals surface area contributed by atoms with Crippen molar-refractivity contribution in [1.82, 2.24) is 10.6 Å². The molecular weight excluding hydrogens is 360 g/mol. The van der Waals surface area contributed by atoms with E-state index >= 15 is 0 Å². The Labute approximate surface area is 169 Å². The van der Waals surface area contributed by atoms with E-state index in [0.717, 1.165) is 25.7 Å². The first kappa shape index (κ1) is 24.5. The number of amides is 2. The molecule has 2 aliphatic carbocycles. The highest BCUT2D eigenvalue weighted by Crippen LogP contribution is 2.29. The first-order valence-electron chi connectivity index (χ1n) is 9.93. The van der Waals surface area contributed by atoms with Gasteiger partial charge in [-0.1, -0.05) is 0 Å². The van der Waals surface area contributed by atoms with Gasteiger partial charge in [0, 0.05) is 23.2 Å². The summed E-state index contributed by atoms with van der Waals surface area (Å²) in [5.74, 6) is 0. The minimum atomic E-state index is -0.431. The van der Waals surface area contributed by atoms with Gasteiger partial charge in [0.25, 0.3) is 0 Å². The average Bonchev–Trinajstić information content (AvgIpc) is 2.29. The quantitative estimate of drug-likeness (QED) is 0.564. The number of alkyl carbamates (subject to hydrolysis) is 2. The standard InChI is InChI=1S/2C10H20N2O2/c2*1-9(2,3)14-8(13)12-7-5-10(4,11)6-7/h2*7H,5-6,11H2,1-4H3,(H,12,13). The molecule has 0 spiro atoms. The van der Waals surface area contributed by atoms with Gasteiger partial charge in [0.05, 0.1) is 0 Å². The molecule has 0 bridgehead atoms. The van der Waals surface area contributed by atoms with Gasteiger partial charge in [0.15, 0.2) is 0 Å². The highest BCUT2D eigenvalue weighted by atomic mass is 16.6. The Morgan fingerprint density at radius 1 is 0.750 bits per heavy atom. The largest absolute Gasteiger partial charge is 0.444 e. The summed E-state index contributed by atoms with van der Waals surface area (Å²) < 4.78 is 10.2. The number of nitrogens with two attached hydrogens (primary N) is 2. The molecule has 2 rings (SSSR count). The number of carbonyl (C=O) groups is 2. The predicted molar refractivity (Wildman–Crippen MR) is 110 cm³/mol. The molecule has 164 valence electrons. The van der Waals surface area contributed by atoms with Crippen molar-refractivity contribution < 1.29 is 19.1 Å². The first-order valence-corrected chi connectivity index (χ1v) is 9.93. The van der Waals surface area contributed by atoms with E-state index in [-0.39, 0.29) is 35.3 Å². The van der Waals surface area contributed by atoms with Crippen molar-refractivity contribution >= 4 is 12.2 Å². The van der Waals surface area contributed by atoms with Gasteiger partial charge in [0.1, 0.15) is 11.2 Å². The van der Waals surface area contributed by atoms with E-state index < -0.39 is 11.2 Å². The Balaban J connectivity index is 0.000000280. The lowest BCUT2D eigenvalue weighted by molar-refractivity contribution is 0.0431. The average molecular weight is 401 g/mol. The zero-order valence-electron chi connectivity index (χ0n) is 18.8. The van der Waals surface area contributed by atoms with E-state index in [4.69, 9.17) is 20.9 Å². The molecule has 2 amide bonds. The smallest absolute Gasteiger partial charge is 0.407 e. The van der Waals surface area contributed by atoms with Crippen LogP contribution in [0.3, 0.4) is 0 Å². The van der Waals surface area contributed by atoms with Crippen LogP contribution < -0.4 is 22.1 Å². The minimum Gasteiger partial charge on any atom is -0.444 e. The third kappa shape index (κ3) is 10.1. The molecule has 0 unspecified atom stereocenters. The normalized spacial score (nSPS) is 31.9. The summed E-state index contributed by atoms with van der Waals surface area (Å²) >= 11 is 0. The second-order valence-corrected chi connectivity index (χ2v) is 10.8. The van der Waals surface area contributed by atoms with E-state index in [1.165, 1.54) is 0 Å². The van der Waals surface area contributed by atoms with Gasteiger partial charge in [-0.25, -0.2) is 9.59 Å². The molecule has 0 aromatic carbocycles. The summed E-state index contributed by atoms with van der Waals surface area (Å²) in [7, 11) is 0. The summed E-state index contributed by atoms with van der Waals surface area (Å²) in [6, 6.07) is 0.361. The maximum Gasteiger partial charge on any atom is 0.407 e. The summed E-state index contributed by atoms with van der Waals surface area (Å²) in [6.45, 7) is 15.1. The van der Waals surface area contributed by atoms with Gasteiger partial charge in [-0.15, -0.1) is 0 Å². The van der Waals surface area contributed by atoms with Gasteiger partial charge in [-0.3, -0.25) is 0 Å². The van der Waals surface area contributed by atoms with Crippen LogP contribution in [0.1, 0.15) is 81.1 Å². The predicted octanol–water partition coefficient (Wildman–Crippen LogP) is 2.78. The van der Waals surface area contributed by atoms with Gasteiger partial charge < -0.3 is 31.6 Å². The summed E-state index contributed by atoms with van der Waals surface area (Å²) in [4.78, 5) is 22.6. The van der Waals surface area contributed by atoms with Gasteiger partial charge in [0.2, 0.25) is 0 Å². The van der Waals surface area contributed by atoms with Crippen LogP contribution in [0.2, 0.25) is 0 Å².